The Hall–Kier alpha value is -1.59. The van der Waals surface area contributed by atoms with E-state index >= 15 is 0 Å². The molecule has 1 amide bonds. The smallest absolute Gasteiger partial charge is 0.265 e. The number of hydrogen-bond donors (Lipinski definition) is 0. The Balaban J connectivity index is 2.00. The van der Waals surface area contributed by atoms with Gasteiger partial charge < -0.3 is 9.64 Å². The Morgan fingerprint density at radius 3 is 2.95 bits per heavy atom. The normalized spacial score (nSPS) is 13.9. The first-order valence-corrected chi connectivity index (χ1v) is 7.39. The monoisotopic (exact) mass is 369 g/mol. The van der Waals surface area contributed by atoms with Crippen molar-refractivity contribution >= 4 is 39.1 Å². The van der Waals surface area contributed by atoms with Gasteiger partial charge in [-0.25, -0.2) is 4.39 Å². The lowest BCUT2D eigenvalue weighted by atomic mass is 10.1. The van der Waals surface area contributed by atoms with Gasteiger partial charge in [0.15, 0.2) is 6.61 Å². The molecule has 0 radical (unpaired) electrons. The van der Waals surface area contributed by atoms with Gasteiger partial charge in [0.05, 0.1) is 16.7 Å². The predicted octanol–water partition coefficient (Wildman–Crippen LogP) is 4.17. The molecule has 108 valence electrons. The molecule has 0 aromatic heterocycles. The molecule has 0 atom stereocenters. The lowest BCUT2D eigenvalue weighted by Crippen LogP contribution is -2.38. The second-order valence-electron chi connectivity index (χ2n) is 4.59. The highest BCUT2D eigenvalue weighted by Crippen LogP contribution is 2.36. The van der Waals surface area contributed by atoms with Crippen LogP contribution in [0, 0.1) is 5.82 Å². The van der Waals surface area contributed by atoms with Crippen LogP contribution in [0.5, 0.6) is 5.75 Å². The molecule has 3 rings (SSSR count). The number of halogens is 3. The van der Waals surface area contributed by atoms with Crippen molar-refractivity contribution in [3.05, 3.63) is 57.3 Å². The van der Waals surface area contributed by atoms with E-state index in [1.165, 1.54) is 6.07 Å². The Morgan fingerprint density at radius 2 is 2.14 bits per heavy atom. The lowest BCUT2D eigenvalue weighted by Gasteiger charge is -2.29. The number of benzene rings is 2. The van der Waals surface area contributed by atoms with Crippen molar-refractivity contribution in [3.63, 3.8) is 0 Å². The predicted molar refractivity (Wildman–Crippen MR) is 82.2 cm³/mol. The molecule has 0 N–H and O–H groups in total. The molecule has 0 unspecified atom stereocenters. The van der Waals surface area contributed by atoms with Crippen molar-refractivity contribution in [2.24, 2.45) is 0 Å². The first kappa shape index (κ1) is 14.4. The van der Waals surface area contributed by atoms with Crippen LogP contribution in [-0.2, 0) is 11.3 Å². The molecule has 0 spiro atoms. The summed E-state index contributed by atoms with van der Waals surface area (Å²) in [6, 6.07) is 9.82. The molecule has 3 nitrogen and oxygen atoms in total. The number of nitrogens with zero attached hydrogens (tertiary/aromatic N) is 1. The number of amides is 1. The van der Waals surface area contributed by atoms with Gasteiger partial charge >= 0.3 is 0 Å². The molecule has 0 saturated heterocycles. The lowest BCUT2D eigenvalue weighted by molar-refractivity contribution is -0.121. The van der Waals surface area contributed by atoms with Crippen LogP contribution in [0.3, 0.4) is 0 Å². The Bertz CT molecular complexity index is 723. The number of anilines is 1. The maximum atomic E-state index is 13.6. The topological polar surface area (TPSA) is 29.5 Å². The zero-order valence-electron chi connectivity index (χ0n) is 10.8. The van der Waals surface area contributed by atoms with E-state index in [0.29, 0.717) is 26.5 Å². The number of hydrogen-bond acceptors (Lipinski definition) is 2. The Labute approximate surface area is 134 Å². The van der Waals surface area contributed by atoms with Gasteiger partial charge in [0.25, 0.3) is 5.91 Å². The number of ether oxygens (including phenoxy) is 1. The van der Waals surface area contributed by atoms with Crippen LogP contribution in [-0.4, -0.2) is 12.5 Å². The fourth-order valence-electron chi connectivity index (χ4n) is 2.19. The fraction of sp³-hybridized carbons (Fsp3) is 0.133. The van der Waals surface area contributed by atoms with Gasteiger partial charge in [-0.3, -0.25) is 4.79 Å². The van der Waals surface area contributed by atoms with Gasteiger partial charge in [-0.05, 0) is 45.8 Å². The third-order valence-electron chi connectivity index (χ3n) is 3.22. The van der Waals surface area contributed by atoms with E-state index in [4.69, 9.17) is 16.3 Å². The van der Waals surface area contributed by atoms with Gasteiger partial charge in [-0.1, -0.05) is 23.7 Å². The second-order valence-corrected chi connectivity index (χ2v) is 5.82. The van der Waals surface area contributed by atoms with Gasteiger partial charge in [0, 0.05) is 5.02 Å². The maximum Gasteiger partial charge on any atom is 0.265 e. The van der Waals surface area contributed by atoms with E-state index in [9.17, 15) is 9.18 Å². The highest BCUT2D eigenvalue weighted by atomic mass is 79.9. The quantitative estimate of drug-likeness (QED) is 0.794. The molecule has 0 aliphatic carbocycles. The van der Waals surface area contributed by atoms with Crippen molar-refractivity contribution in [1.82, 2.24) is 0 Å². The molecule has 0 bridgehead atoms. The van der Waals surface area contributed by atoms with Crippen LogP contribution >= 0.6 is 27.5 Å². The fourth-order valence-corrected chi connectivity index (χ4v) is 2.75. The third-order valence-corrected chi connectivity index (χ3v) is 4.35. The van der Waals surface area contributed by atoms with E-state index in [0.717, 1.165) is 0 Å². The van der Waals surface area contributed by atoms with Crippen molar-refractivity contribution in [1.29, 1.82) is 0 Å². The summed E-state index contributed by atoms with van der Waals surface area (Å²) in [7, 11) is 0. The van der Waals surface area contributed by atoms with Crippen molar-refractivity contribution in [2.45, 2.75) is 6.54 Å². The van der Waals surface area contributed by atoms with Crippen LogP contribution in [0.4, 0.5) is 10.1 Å². The molecule has 2 aromatic rings. The van der Waals surface area contributed by atoms with E-state index in [1.807, 2.05) is 0 Å². The minimum absolute atomic E-state index is 0.0401. The molecule has 1 aliphatic rings. The zero-order valence-corrected chi connectivity index (χ0v) is 13.1. The van der Waals surface area contributed by atoms with E-state index in [-0.39, 0.29) is 24.9 Å². The number of rotatable bonds is 2. The molecule has 21 heavy (non-hydrogen) atoms. The summed E-state index contributed by atoms with van der Waals surface area (Å²) in [5, 5.41) is 0.510. The molecule has 2 aromatic carbocycles. The van der Waals surface area contributed by atoms with Crippen molar-refractivity contribution in [2.75, 3.05) is 11.5 Å². The molecule has 0 fully saturated rings. The van der Waals surface area contributed by atoms with Gasteiger partial charge in [-0.2, -0.15) is 0 Å². The molecule has 1 heterocycles. The first-order chi connectivity index (χ1) is 10.1. The summed E-state index contributed by atoms with van der Waals surface area (Å²) in [6.45, 7) is 0.204. The summed E-state index contributed by atoms with van der Waals surface area (Å²) >= 11 is 9.20. The average molecular weight is 371 g/mol. The van der Waals surface area contributed by atoms with E-state index in [1.54, 1.807) is 35.2 Å². The van der Waals surface area contributed by atoms with E-state index < -0.39 is 0 Å². The zero-order chi connectivity index (χ0) is 15.0. The molecular weight excluding hydrogens is 361 g/mol. The van der Waals surface area contributed by atoms with Crippen LogP contribution in [0.2, 0.25) is 5.02 Å². The minimum Gasteiger partial charge on any atom is -0.482 e. The number of carbonyl (C=O) groups is 1. The number of fused-ring (bicyclic) bond motifs is 1. The van der Waals surface area contributed by atoms with Gasteiger partial charge in [0.1, 0.15) is 11.6 Å². The van der Waals surface area contributed by atoms with Crippen LogP contribution < -0.4 is 9.64 Å². The Morgan fingerprint density at radius 1 is 1.33 bits per heavy atom. The first-order valence-electron chi connectivity index (χ1n) is 6.22. The summed E-state index contributed by atoms with van der Waals surface area (Å²) in [5.41, 5.74) is 1.27. The highest BCUT2D eigenvalue weighted by Gasteiger charge is 2.26. The minimum atomic E-state index is -0.362. The summed E-state index contributed by atoms with van der Waals surface area (Å²) in [6.07, 6.45) is 0. The van der Waals surface area contributed by atoms with E-state index in [2.05, 4.69) is 15.9 Å². The summed E-state index contributed by atoms with van der Waals surface area (Å²) < 4.78 is 19.3. The largest absolute Gasteiger partial charge is 0.482 e. The SMILES string of the molecule is O=C1COc2ccc(Cl)cc2N1Cc1cccc(F)c1Br. The standard InChI is InChI=1S/C15H10BrClFNO2/c16-15-9(2-1-3-11(15)18)7-19-12-6-10(17)4-5-13(12)21-8-14(19)20/h1-6H,7-8H2. The van der Waals surface area contributed by atoms with Crippen LogP contribution in [0.1, 0.15) is 5.56 Å². The highest BCUT2D eigenvalue weighted by molar-refractivity contribution is 9.10. The second kappa shape index (κ2) is 5.66. The summed E-state index contributed by atoms with van der Waals surface area (Å²) in [5.74, 6) is 0.0342. The van der Waals surface area contributed by atoms with Crippen molar-refractivity contribution in [3.8, 4) is 5.75 Å². The molecule has 0 saturated carbocycles. The van der Waals surface area contributed by atoms with Crippen LogP contribution in [0.15, 0.2) is 40.9 Å². The molecule has 1 aliphatic heterocycles. The average Bonchev–Trinajstić information content (AvgIpc) is 2.46. The van der Waals surface area contributed by atoms with Gasteiger partial charge in [-0.15, -0.1) is 0 Å². The van der Waals surface area contributed by atoms with Crippen molar-refractivity contribution < 1.29 is 13.9 Å². The molecular formula is C15H10BrClFNO2. The number of carbonyl (C=O) groups excluding carboxylic acids is 1. The third kappa shape index (κ3) is 2.76. The van der Waals surface area contributed by atoms with Crippen LogP contribution in [0.25, 0.3) is 0 Å². The van der Waals surface area contributed by atoms with Gasteiger partial charge in [0.2, 0.25) is 0 Å². The summed E-state index contributed by atoms with van der Waals surface area (Å²) in [4.78, 5) is 13.7. The Kier molecular flexibility index (Phi) is 3.87. The maximum absolute atomic E-state index is 13.6. The molecule has 6 heteroatoms.